The zero-order valence-corrected chi connectivity index (χ0v) is 18.1. The van der Waals surface area contributed by atoms with Gasteiger partial charge in [-0.05, 0) is 55.6 Å². The molecule has 6 nitrogen and oxygen atoms in total. The number of carbonyl (C=O) groups is 1. The lowest BCUT2D eigenvalue weighted by molar-refractivity contribution is -0.132. The number of aromatic nitrogens is 1. The number of amides is 1. The van der Waals surface area contributed by atoms with Gasteiger partial charge < -0.3 is 23.8 Å². The Morgan fingerprint density at radius 2 is 1.97 bits per heavy atom. The quantitative estimate of drug-likeness (QED) is 0.685. The van der Waals surface area contributed by atoms with Crippen molar-refractivity contribution in [2.45, 2.75) is 31.7 Å². The maximum atomic E-state index is 12.7. The molecule has 2 aromatic rings. The molecule has 0 spiro atoms. The van der Waals surface area contributed by atoms with E-state index in [-0.39, 0.29) is 5.91 Å². The average Bonchev–Trinajstić information content (AvgIpc) is 3.16. The minimum atomic E-state index is 0.231. The van der Waals surface area contributed by atoms with Gasteiger partial charge in [0.2, 0.25) is 5.91 Å². The van der Waals surface area contributed by atoms with Crippen molar-refractivity contribution in [2.75, 3.05) is 40.9 Å². The summed E-state index contributed by atoms with van der Waals surface area (Å²) in [6, 6.07) is 8.52. The van der Waals surface area contributed by atoms with E-state index in [9.17, 15) is 4.79 Å². The van der Waals surface area contributed by atoms with Crippen LogP contribution in [0, 0.1) is 0 Å². The predicted molar refractivity (Wildman–Crippen MR) is 115 cm³/mol. The lowest BCUT2D eigenvalue weighted by Crippen LogP contribution is -2.49. The maximum Gasteiger partial charge on any atom is 0.227 e. The Balaban J connectivity index is 1.52. The molecular formula is C23H33N3O3. The van der Waals surface area contributed by atoms with Crippen molar-refractivity contribution in [1.82, 2.24) is 14.4 Å². The van der Waals surface area contributed by atoms with Crippen LogP contribution in [0.5, 0.6) is 11.5 Å². The lowest BCUT2D eigenvalue weighted by Gasteiger charge is -2.37. The number of hydrogen-bond acceptors (Lipinski definition) is 4. The summed E-state index contributed by atoms with van der Waals surface area (Å²) < 4.78 is 12.7. The van der Waals surface area contributed by atoms with E-state index in [0.717, 1.165) is 56.0 Å². The van der Waals surface area contributed by atoms with Crippen LogP contribution in [0.3, 0.4) is 0 Å². The van der Waals surface area contributed by atoms with Gasteiger partial charge in [-0.15, -0.1) is 0 Å². The fourth-order valence-corrected chi connectivity index (χ4v) is 4.02. The molecule has 29 heavy (non-hydrogen) atoms. The molecule has 0 N–H and O–H groups in total. The third kappa shape index (κ3) is 5.54. The third-order valence-electron chi connectivity index (χ3n) is 5.82. The van der Waals surface area contributed by atoms with Crippen molar-refractivity contribution in [3.05, 3.63) is 47.8 Å². The van der Waals surface area contributed by atoms with Gasteiger partial charge in [0.1, 0.15) is 0 Å². The molecule has 1 aromatic carbocycles. The smallest absolute Gasteiger partial charge is 0.227 e. The monoisotopic (exact) mass is 399 g/mol. The molecule has 0 bridgehead atoms. The molecule has 0 saturated carbocycles. The number of likely N-dealkylation sites (tertiary alicyclic amines) is 1. The first kappa shape index (κ1) is 21.2. The summed E-state index contributed by atoms with van der Waals surface area (Å²) in [6.45, 7) is 2.63. The summed E-state index contributed by atoms with van der Waals surface area (Å²) in [6.07, 6.45) is 7.63. The van der Waals surface area contributed by atoms with Gasteiger partial charge in [-0.25, -0.2) is 0 Å². The zero-order valence-electron chi connectivity index (χ0n) is 18.1. The first-order chi connectivity index (χ1) is 14.0. The summed E-state index contributed by atoms with van der Waals surface area (Å²) in [5, 5.41) is 0. The highest BCUT2D eigenvalue weighted by molar-refractivity contribution is 5.78. The van der Waals surface area contributed by atoms with E-state index in [2.05, 4.69) is 18.0 Å². The molecule has 1 atom stereocenters. The topological polar surface area (TPSA) is 46.9 Å². The third-order valence-corrected chi connectivity index (χ3v) is 5.82. The van der Waals surface area contributed by atoms with Crippen molar-refractivity contribution >= 4 is 5.91 Å². The number of benzene rings is 1. The van der Waals surface area contributed by atoms with E-state index >= 15 is 0 Å². The maximum absolute atomic E-state index is 12.7. The molecule has 3 rings (SSSR count). The van der Waals surface area contributed by atoms with Gasteiger partial charge in [0.05, 0.1) is 20.6 Å². The molecule has 1 amide bonds. The van der Waals surface area contributed by atoms with Gasteiger partial charge >= 0.3 is 0 Å². The Bertz CT molecular complexity index is 817. The molecule has 1 aliphatic heterocycles. The minimum absolute atomic E-state index is 0.231. The van der Waals surface area contributed by atoms with E-state index < -0.39 is 0 Å². The fraction of sp³-hybridized carbons (Fsp3) is 0.522. The van der Waals surface area contributed by atoms with Gasteiger partial charge in [-0.2, -0.15) is 0 Å². The number of aryl methyl sites for hydroxylation is 1. The zero-order chi connectivity index (χ0) is 20.8. The van der Waals surface area contributed by atoms with Gasteiger partial charge in [0.15, 0.2) is 11.5 Å². The first-order valence-corrected chi connectivity index (χ1v) is 10.3. The Morgan fingerprint density at radius 3 is 2.66 bits per heavy atom. The van der Waals surface area contributed by atoms with Crippen molar-refractivity contribution in [3.63, 3.8) is 0 Å². The van der Waals surface area contributed by atoms with Crippen molar-refractivity contribution in [3.8, 4) is 11.5 Å². The largest absolute Gasteiger partial charge is 0.493 e. The summed E-state index contributed by atoms with van der Waals surface area (Å²) in [5.41, 5.74) is 2.31. The number of nitrogens with zero attached hydrogens (tertiary/aromatic N) is 3. The Kier molecular flexibility index (Phi) is 7.20. The van der Waals surface area contributed by atoms with E-state index in [4.69, 9.17) is 9.47 Å². The Hall–Kier alpha value is -2.47. The molecule has 6 heteroatoms. The molecule has 1 aromatic heterocycles. The highest BCUT2D eigenvalue weighted by atomic mass is 16.5. The van der Waals surface area contributed by atoms with Crippen molar-refractivity contribution < 1.29 is 14.3 Å². The normalized spacial score (nSPS) is 16.9. The van der Waals surface area contributed by atoms with E-state index in [1.807, 2.05) is 47.1 Å². The molecule has 0 aliphatic carbocycles. The van der Waals surface area contributed by atoms with Crippen LogP contribution < -0.4 is 9.47 Å². The predicted octanol–water partition coefficient (Wildman–Crippen LogP) is 2.75. The molecule has 0 radical (unpaired) electrons. The van der Waals surface area contributed by atoms with Crippen LogP contribution in [0.2, 0.25) is 0 Å². The summed E-state index contributed by atoms with van der Waals surface area (Å²) in [7, 11) is 7.46. The number of methoxy groups -OCH3 is 2. The molecule has 1 saturated heterocycles. The number of hydrogen-bond donors (Lipinski definition) is 0. The van der Waals surface area contributed by atoms with Crippen LogP contribution in [-0.4, -0.2) is 67.2 Å². The molecule has 158 valence electrons. The van der Waals surface area contributed by atoms with Crippen LogP contribution in [-0.2, 0) is 24.7 Å². The van der Waals surface area contributed by atoms with Gasteiger partial charge in [-0.1, -0.05) is 6.07 Å². The molecule has 1 fully saturated rings. The summed E-state index contributed by atoms with van der Waals surface area (Å²) >= 11 is 0. The average molecular weight is 400 g/mol. The molecule has 2 heterocycles. The fourth-order valence-electron chi connectivity index (χ4n) is 4.02. The van der Waals surface area contributed by atoms with Gasteiger partial charge in [0.25, 0.3) is 0 Å². The summed E-state index contributed by atoms with van der Waals surface area (Å²) in [5.74, 6) is 1.75. The second-order valence-corrected chi connectivity index (χ2v) is 7.92. The van der Waals surface area contributed by atoms with E-state index in [1.165, 1.54) is 5.56 Å². The standard InChI is InChI=1S/C23H33N3O3/c1-24-12-9-19(16-24)15-23(27)26-11-5-6-20(17-26)25(2)13-10-18-7-8-21(28-3)22(14-18)29-4/h7-9,12,14,16,20H,5-6,10-11,13,15,17H2,1-4H3. The van der Waals surface area contributed by atoms with Crippen LogP contribution in [0.15, 0.2) is 36.7 Å². The van der Waals surface area contributed by atoms with Crippen LogP contribution >= 0.6 is 0 Å². The van der Waals surface area contributed by atoms with E-state index in [1.54, 1.807) is 14.2 Å². The first-order valence-electron chi connectivity index (χ1n) is 10.3. The molecule has 1 aliphatic rings. The van der Waals surface area contributed by atoms with Crippen LogP contribution in [0.4, 0.5) is 0 Å². The minimum Gasteiger partial charge on any atom is -0.493 e. The second-order valence-electron chi connectivity index (χ2n) is 7.92. The number of carbonyl (C=O) groups excluding carboxylic acids is 1. The van der Waals surface area contributed by atoms with Gasteiger partial charge in [0, 0.05) is 45.1 Å². The Labute approximate surface area is 174 Å². The van der Waals surface area contributed by atoms with Gasteiger partial charge in [-0.3, -0.25) is 4.79 Å². The molecular weight excluding hydrogens is 366 g/mol. The lowest BCUT2D eigenvalue weighted by atomic mass is 10.0. The van der Waals surface area contributed by atoms with E-state index in [0.29, 0.717) is 12.5 Å². The Morgan fingerprint density at radius 1 is 1.17 bits per heavy atom. The second kappa shape index (κ2) is 9.83. The number of piperidine rings is 1. The SMILES string of the molecule is COc1ccc(CCN(C)C2CCCN(C(=O)Cc3ccn(C)c3)C2)cc1OC. The highest BCUT2D eigenvalue weighted by Crippen LogP contribution is 2.28. The number of rotatable bonds is 8. The summed E-state index contributed by atoms with van der Waals surface area (Å²) in [4.78, 5) is 17.2. The number of ether oxygens (including phenoxy) is 2. The molecule has 1 unspecified atom stereocenters. The van der Waals surface area contributed by atoms with Crippen LogP contribution in [0.25, 0.3) is 0 Å². The van der Waals surface area contributed by atoms with Crippen molar-refractivity contribution in [1.29, 1.82) is 0 Å². The highest BCUT2D eigenvalue weighted by Gasteiger charge is 2.26. The van der Waals surface area contributed by atoms with Crippen molar-refractivity contribution in [2.24, 2.45) is 7.05 Å². The number of likely N-dealkylation sites (N-methyl/N-ethyl adjacent to an activating group) is 1. The van der Waals surface area contributed by atoms with Crippen LogP contribution in [0.1, 0.15) is 24.0 Å².